The summed E-state index contributed by atoms with van der Waals surface area (Å²) in [5, 5.41) is 17.6. The fraction of sp³-hybridized carbons (Fsp3) is 0.190. The summed E-state index contributed by atoms with van der Waals surface area (Å²) < 4.78 is 11.1. The van der Waals surface area contributed by atoms with Crippen molar-refractivity contribution in [1.29, 1.82) is 0 Å². The number of rotatable bonds is 6. The van der Waals surface area contributed by atoms with Gasteiger partial charge >= 0.3 is 5.82 Å². The maximum absolute atomic E-state index is 13.2. The van der Waals surface area contributed by atoms with Crippen molar-refractivity contribution in [1.82, 2.24) is 9.99 Å². The molecule has 0 N–H and O–H groups in total. The third-order valence-electron chi connectivity index (χ3n) is 4.76. The second-order valence-electron chi connectivity index (χ2n) is 6.81. The number of hydrogen-bond donors (Lipinski definition) is 0. The minimum absolute atomic E-state index is 0.0935. The Kier molecular flexibility index (Phi) is 5.68. The van der Waals surface area contributed by atoms with E-state index in [1.54, 1.807) is 24.3 Å². The lowest BCUT2D eigenvalue weighted by molar-refractivity contribution is -0.390. The molecule has 0 saturated heterocycles. The number of carbonyl (C=O) groups excluding carboxylic acids is 1. The molecule has 9 nitrogen and oxygen atoms in total. The van der Waals surface area contributed by atoms with E-state index >= 15 is 0 Å². The molecule has 3 heterocycles. The molecular formula is C21H17ClN4O5. The van der Waals surface area contributed by atoms with Gasteiger partial charge in [0.1, 0.15) is 18.0 Å². The monoisotopic (exact) mass is 440 g/mol. The van der Waals surface area contributed by atoms with E-state index in [0.717, 1.165) is 5.56 Å². The van der Waals surface area contributed by atoms with Crippen LogP contribution in [0.2, 0.25) is 5.02 Å². The highest BCUT2D eigenvalue weighted by atomic mass is 35.5. The zero-order valence-corrected chi connectivity index (χ0v) is 17.1. The zero-order chi connectivity index (χ0) is 22.0. The number of halogens is 1. The first-order valence-corrected chi connectivity index (χ1v) is 9.78. The third-order valence-corrected chi connectivity index (χ3v) is 5.01. The Morgan fingerprint density at radius 3 is 2.74 bits per heavy atom. The molecule has 0 saturated carbocycles. The Morgan fingerprint density at radius 1 is 1.29 bits per heavy atom. The van der Waals surface area contributed by atoms with Crippen LogP contribution in [0.25, 0.3) is 0 Å². The van der Waals surface area contributed by atoms with E-state index in [1.807, 2.05) is 12.1 Å². The number of pyridine rings is 1. The number of aromatic nitrogens is 1. The van der Waals surface area contributed by atoms with Crippen molar-refractivity contribution in [2.24, 2.45) is 5.10 Å². The van der Waals surface area contributed by atoms with Crippen LogP contribution in [-0.2, 0) is 4.79 Å². The Bertz CT molecular complexity index is 1130. The van der Waals surface area contributed by atoms with E-state index in [1.165, 1.54) is 36.5 Å². The average molecular weight is 441 g/mol. The molecule has 1 aliphatic heterocycles. The topological polar surface area (TPSA) is 111 Å². The van der Waals surface area contributed by atoms with Crippen molar-refractivity contribution < 1.29 is 18.9 Å². The van der Waals surface area contributed by atoms with Crippen LogP contribution in [0.15, 0.2) is 70.5 Å². The zero-order valence-electron chi connectivity index (χ0n) is 16.3. The first-order valence-electron chi connectivity index (χ1n) is 9.40. The molecule has 1 aromatic carbocycles. The van der Waals surface area contributed by atoms with Crippen LogP contribution in [-0.4, -0.2) is 32.6 Å². The molecule has 31 heavy (non-hydrogen) atoms. The van der Waals surface area contributed by atoms with Crippen molar-refractivity contribution in [3.63, 3.8) is 0 Å². The lowest BCUT2D eigenvalue weighted by Crippen LogP contribution is -2.37. The van der Waals surface area contributed by atoms with Crippen molar-refractivity contribution in [2.75, 3.05) is 0 Å². The van der Waals surface area contributed by atoms with E-state index < -0.39 is 28.8 Å². The summed E-state index contributed by atoms with van der Waals surface area (Å²) in [5.41, 5.74) is 1.51. The highest BCUT2D eigenvalue weighted by Gasteiger charge is 2.38. The minimum atomic E-state index is -1.05. The first kappa shape index (κ1) is 20.5. The molecule has 0 aliphatic carbocycles. The summed E-state index contributed by atoms with van der Waals surface area (Å²) in [6.45, 7) is 1.51. The summed E-state index contributed by atoms with van der Waals surface area (Å²) in [5.74, 6) is -0.454. The largest absolute Gasteiger partial charge is 0.472 e. The van der Waals surface area contributed by atoms with Crippen LogP contribution in [0.3, 0.4) is 0 Å². The summed E-state index contributed by atoms with van der Waals surface area (Å²) >= 11 is 5.97. The third kappa shape index (κ3) is 4.26. The number of amides is 1. The number of benzene rings is 1. The molecule has 0 fully saturated rings. The van der Waals surface area contributed by atoms with E-state index in [2.05, 4.69) is 10.1 Å². The quantitative estimate of drug-likeness (QED) is 0.415. The number of nitrogens with zero attached hydrogens (tertiary/aromatic N) is 4. The molecule has 3 aromatic rings. The smallest absolute Gasteiger partial charge is 0.406 e. The average Bonchev–Trinajstić information content (AvgIpc) is 3.44. The Hall–Kier alpha value is -3.72. The van der Waals surface area contributed by atoms with Gasteiger partial charge in [-0.05, 0) is 58.8 Å². The molecule has 0 radical (unpaired) electrons. The number of ether oxygens (including phenoxy) is 1. The predicted molar refractivity (Wildman–Crippen MR) is 112 cm³/mol. The summed E-state index contributed by atoms with van der Waals surface area (Å²) in [6, 6.07) is 13.1. The van der Waals surface area contributed by atoms with E-state index in [4.69, 9.17) is 20.8 Å². The highest BCUT2D eigenvalue weighted by molar-refractivity contribution is 6.30. The molecule has 1 amide bonds. The highest BCUT2D eigenvalue weighted by Crippen LogP contribution is 2.34. The molecule has 2 unspecified atom stereocenters. The SMILES string of the molecule is CC(Oc1cccnc1[N+](=O)[O-])C(=O)N1N=C(c2ccc(Cl)cc2)CC1c1ccco1. The van der Waals surface area contributed by atoms with Gasteiger partial charge in [-0.15, -0.1) is 0 Å². The van der Waals surface area contributed by atoms with Crippen molar-refractivity contribution in [2.45, 2.75) is 25.5 Å². The number of hydrazone groups is 1. The van der Waals surface area contributed by atoms with Crippen LogP contribution in [0.4, 0.5) is 5.82 Å². The van der Waals surface area contributed by atoms with E-state index in [-0.39, 0.29) is 5.75 Å². The van der Waals surface area contributed by atoms with Gasteiger partial charge in [-0.1, -0.05) is 23.7 Å². The Balaban J connectivity index is 1.61. The molecule has 2 aromatic heterocycles. The van der Waals surface area contributed by atoms with E-state index in [0.29, 0.717) is 22.9 Å². The van der Waals surface area contributed by atoms with Gasteiger partial charge < -0.3 is 19.3 Å². The van der Waals surface area contributed by atoms with Crippen molar-refractivity contribution >= 4 is 29.0 Å². The lowest BCUT2D eigenvalue weighted by Gasteiger charge is -2.23. The van der Waals surface area contributed by atoms with Gasteiger partial charge in [0.15, 0.2) is 6.10 Å². The molecule has 0 spiro atoms. The molecule has 1 aliphatic rings. The van der Waals surface area contributed by atoms with Gasteiger partial charge in [-0.25, -0.2) is 5.01 Å². The van der Waals surface area contributed by atoms with Crippen molar-refractivity contribution in [3.05, 3.63) is 87.5 Å². The molecule has 158 valence electrons. The van der Waals surface area contributed by atoms with Gasteiger partial charge in [0.25, 0.3) is 5.91 Å². The van der Waals surface area contributed by atoms with Crippen LogP contribution in [0.1, 0.15) is 30.7 Å². The van der Waals surface area contributed by atoms with Crippen molar-refractivity contribution in [3.8, 4) is 5.75 Å². The fourth-order valence-electron chi connectivity index (χ4n) is 3.27. The molecule has 0 bridgehead atoms. The number of furan rings is 1. The number of hydrogen-bond acceptors (Lipinski definition) is 7. The number of carbonyl (C=O) groups is 1. The summed E-state index contributed by atoms with van der Waals surface area (Å²) in [6.07, 6.45) is 2.19. The molecule has 2 atom stereocenters. The maximum atomic E-state index is 13.2. The normalized spacial score (nSPS) is 16.6. The van der Waals surface area contributed by atoms with Crippen LogP contribution in [0.5, 0.6) is 5.75 Å². The molecule has 4 rings (SSSR count). The summed E-state index contributed by atoms with van der Waals surface area (Å²) in [7, 11) is 0. The Labute approximate surface area is 182 Å². The maximum Gasteiger partial charge on any atom is 0.406 e. The Morgan fingerprint density at radius 2 is 2.06 bits per heavy atom. The van der Waals surface area contributed by atoms with E-state index in [9.17, 15) is 14.9 Å². The summed E-state index contributed by atoms with van der Waals surface area (Å²) in [4.78, 5) is 27.4. The van der Waals surface area contributed by atoms with Crippen LogP contribution in [0, 0.1) is 10.1 Å². The van der Waals surface area contributed by atoms with Crippen LogP contribution >= 0.6 is 11.6 Å². The van der Waals surface area contributed by atoms with Gasteiger partial charge in [-0.2, -0.15) is 5.10 Å². The fourth-order valence-corrected chi connectivity index (χ4v) is 3.40. The minimum Gasteiger partial charge on any atom is -0.472 e. The predicted octanol–water partition coefficient (Wildman–Crippen LogP) is 4.38. The standard InChI is InChI=1S/C21H17ClN4O5/c1-13(31-19-4-2-10-23-20(19)26(28)29)21(27)25-17(18-5-3-11-30-18)12-16(24-25)14-6-8-15(22)9-7-14/h2-11,13,17H,12H2,1H3. The van der Waals surface area contributed by atoms with Gasteiger partial charge in [0.05, 0.1) is 12.0 Å². The van der Waals surface area contributed by atoms with Gasteiger partial charge in [0.2, 0.25) is 5.75 Å². The second kappa shape index (κ2) is 8.57. The molecule has 10 heteroatoms. The molecular weight excluding hydrogens is 424 g/mol. The second-order valence-corrected chi connectivity index (χ2v) is 7.25. The van der Waals surface area contributed by atoms with Gasteiger partial charge in [0, 0.05) is 11.4 Å². The first-order chi connectivity index (χ1) is 14.9. The lowest BCUT2D eigenvalue weighted by atomic mass is 10.0. The van der Waals surface area contributed by atoms with Gasteiger partial charge in [-0.3, -0.25) is 4.79 Å². The number of nitro groups is 1. The van der Waals surface area contributed by atoms with Crippen LogP contribution < -0.4 is 4.74 Å².